The van der Waals surface area contributed by atoms with Crippen molar-refractivity contribution in [3.05, 3.63) is 42.0 Å². The predicted octanol–water partition coefficient (Wildman–Crippen LogP) is 5.49. The molecule has 1 N–H and O–H groups in total. The number of nitrogens with zero attached hydrogens (tertiary/aromatic N) is 1. The van der Waals surface area contributed by atoms with E-state index in [9.17, 15) is 9.90 Å². The molecule has 2 aromatic rings. The maximum Gasteiger partial charge on any atom is 0.307 e. The van der Waals surface area contributed by atoms with Crippen LogP contribution in [0.4, 0.5) is 0 Å². The van der Waals surface area contributed by atoms with Gasteiger partial charge in [-0.25, -0.2) is 0 Å². The van der Waals surface area contributed by atoms with Gasteiger partial charge in [-0.1, -0.05) is 62.9 Å². The van der Waals surface area contributed by atoms with Crippen molar-refractivity contribution in [1.82, 2.24) is 4.90 Å². The molecule has 0 spiro atoms. The second kappa shape index (κ2) is 10.5. The van der Waals surface area contributed by atoms with Crippen LogP contribution < -0.4 is 4.74 Å². The summed E-state index contributed by atoms with van der Waals surface area (Å²) >= 11 is 0. The van der Waals surface area contributed by atoms with Crippen molar-refractivity contribution in [2.75, 3.05) is 19.7 Å². The lowest BCUT2D eigenvalue weighted by Gasteiger charge is -2.31. The number of rotatable bonds is 10. The fourth-order valence-corrected chi connectivity index (χ4v) is 4.13. The molecule has 2 aromatic carbocycles. The zero-order chi connectivity index (χ0) is 19.8. The summed E-state index contributed by atoms with van der Waals surface area (Å²) in [5, 5.41) is 11.8. The molecule has 0 radical (unpaired) electrons. The highest BCUT2D eigenvalue weighted by Gasteiger charge is 2.26. The van der Waals surface area contributed by atoms with E-state index in [4.69, 9.17) is 4.74 Å². The highest BCUT2D eigenvalue weighted by atomic mass is 16.5. The Bertz CT molecular complexity index is 774. The first-order chi connectivity index (χ1) is 13.7. The zero-order valence-corrected chi connectivity index (χ0v) is 17.0. The molecule has 1 heterocycles. The summed E-state index contributed by atoms with van der Waals surface area (Å²) in [6, 6.07) is 12.6. The molecule has 152 valence electrons. The van der Waals surface area contributed by atoms with Gasteiger partial charge in [-0.3, -0.25) is 9.69 Å². The Labute approximate surface area is 168 Å². The average molecular weight is 384 g/mol. The number of benzene rings is 2. The van der Waals surface area contributed by atoms with Crippen molar-refractivity contribution in [3.8, 4) is 5.75 Å². The van der Waals surface area contributed by atoms with E-state index >= 15 is 0 Å². The SMILES string of the molecule is CCCCCCCOc1ccc2ccccc2c1CN1CCCC(C(=O)O)C1. The summed E-state index contributed by atoms with van der Waals surface area (Å²) in [5.41, 5.74) is 1.19. The monoisotopic (exact) mass is 383 g/mol. The molecular weight excluding hydrogens is 350 g/mol. The minimum Gasteiger partial charge on any atom is -0.493 e. The zero-order valence-electron chi connectivity index (χ0n) is 17.0. The van der Waals surface area contributed by atoms with Crippen molar-refractivity contribution in [3.63, 3.8) is 0 Å². The normalized spacial score (nSPS) is 17.7. The van der Waals surface area contributed by atoms with Crippen LogP contribution >= 0.6 is 0 Å². The second-order valence-corrected chi connectivity index (χ2v) is 7.94. The maximum atomic E-state index is 11.4. The number of fused-ring (bicyclic) bond motifs is 1. The molecule has 0 aliphatic carbocycles. The Morgan fingerprint density at radius 1 is 1.14 bits per heavy atom. The van der Waals surface area contributed by atoms with E-state index in [-0.39, 0.29) is 5.92 Å². The summed E-state index contributed by atoms with van der Waals surface area (Å²) < 4.78 is 6.20. The molecule has 4 heteroatoms. The third-order valence-corrected chi connectivity index (χ3v) is 5.74. The highest BCUT2D eigenvalue weighted by molar-refractivity contribution is 5.87. The first-order valence-electron chi connectivity index (χ1n) is 10.8. The Balaban J connectivity index is 1.73. The smallest absolute Gasteiger partial charge is 0.307 e. The fourth-order valence-electron chi connectivity index (χ4n) is 4.13. The van der Waals surface area contributed by atoms with Gasteiger partial charge >= 0.3 is 5.97 Å². The largest absolute Gasteiger partial charge is 0.493 e. The average Bonchev–Trinajstić information content (AvgIpc) is 2.72. The summed E-state index contributed by atoms with van der Waals surface area (Å²) in [5.74, 6) is 0.0180. The van der Waals surface area contributed by atoms with Gasteiger partial charge in [0.05, 0.1) is 12.5 Å². The van der Waals surface area contributed by atoms with Crippen LogP contribution in [-0.4, -0.2) is 35.7 Å². The van der Waals surface area contributed by atoms with Gasteiger partial charge in [0.1, 0.15) is 5.75 Å². The van der Waals surface area contributed by atoms with Gasteiger partial charge in [0.2, 0.25) is 0 Å². The maximum absolute atomic E-state index is 11.4. The molecule has 0 saturated carbocycles. The van der Waals surface area contributed by atoms with Gasteiger partial charge in [0, 0.05) is 18.7 Å². The highest BCUT2D eigenvalue weighted by Crippen LogP contribution is 2.31. The Morgan fingerprint density at radius 2 is 1.96 bits per heavy atom. The molecule has 1 atom stereocenters. The van der Waals surface area contributed by atoms with Crippen LogP contribution in [0.2, 0.25) is 0 Å². The van der Waals surface area contributed by atoms with E-state index in [1.165, 1.54) is 42.0 Å². The number of ether oxygens (including phenoxy) is 1. The Hall–Kier alpha value is -2.07. The van der Waals surface area contributed by atoms with E-state index in [1.807, 2.05) is 0 Å². The quantitative estimate of drug-likeness (QED) is 0.552. The molecule has 4 nitrogen and oxygen atoms in total. The van der Waals surface area contributed by atoms with Gasteiger partial charge in [-0.2, -0.15) is 0 Å². The van der Waals surface area contributed by atoms with E-state index in [0.717, 1.165) is 44.7 Å². The number of hydrogen-bond acceptors (Lipinski definition) is 3. The molecule has 0 bridgehead atoms. The summed E-state index contributed by atoms with van der Waals surface area (Å²) in [6.45, 7) is 5.29. The molecule has 1 aliphatic rings. The lowest BCUT2D eigenvalue weighted by Crippen LogP contribution is -2.38. The standard InChI is InChI=1S/C24H33NO3/c1-2-3-4-5-8-16-28-23-14-13-19-10-6-7-12-21(19)22(23)18-25-15-9-11-20(17-25)24(26)27/h6-7,10,12-14,20H,2-5,8-9,11,15-18H2,1H3,(H,26,27). The first kappa shape index (κ1) is 20.7. The molecule has 1 fully saturated rings. The van der Waals surface area contributed by atoms with Crippen LogP contribution in [-0.2, 0) is 11.3 Å². The van der Waals surface area contributed by atoms with Crippen molar-refractivity contribution in [2.45, 2.75) is 58.4 Å². The van der Waals surface area contributed by atoms with Crippen LogP contribution in [0.25, 0.3) is 10.8 Å². The number of hydrogen-bond donors (Lipinski definition) is 1. The molecule has 1 saturated heterocycles. The number of carboxylic acid groups (broad SMARTS) is 1. The van der Waals surface area contributed by atoms with Crippen LogP contribution in [0.15, 0.2) is 36.4 Å². The number of carbonyl (C=O) groups is 1. The molecule has 28 heavy (non-hydrogen) atoms. The van der Waals surface area contributed by atoms with E-state index < -0.39 is 5.97 Å². The lowest BCUT2D eigenvalue weighted by molar-refractivity contribution is -0.143. The van der Waals surface area contributed by atoms with Crippen molar-refractivity contribution < 1.29 is 14.6 Å². The van der Waals surface area contributed by atoms with Gasteiger partial charge in [-0.05, 0) is 42.6 Å². The number of unbranched alkanes of at least 4 members (excludes halogenated alkanes) is 4. The van der Waals surface area contributed by atoms with Crippen molar-refractivity contribution in [1.29, 1.82) is 0 Å². The van der Waals surface area contributed by atoms with Crippen LogP contribution in [0.3, 0.4) is 0 Å². The molecule has 0 aromatic heterocycles. The predicted molar refractivity (Wildman–Crippen MR) is 114 cm³/mol. The number of piperidine rings is 1. The molecule has 1 aliphatic heterocycles. The Kier molecular flexibility index (Phi) is 7.72. The number of likely N-dealkylation sites (tertiary alicyclic amines) is 1. The number of carboxylic acids is 1. The minimum atomic E-state index is -0.675. The van der Waals surface area contributed by atoms with Gasteiger partial charge in [-0.15, -0.1) is 0 Å². The van der Waals surface area contributed by atoms with Gasteiger partial charge in [0.25, 0.3) is 0 Å². The van der Waals surface area contributed by atoms with Gasteiger partial charge < -0.3 is 9.84 Å². The topological polar surface area (TPSA) is 49.8 Å². The van der Waals surface area contributed by atoms with Crippen molar-refractivity contribution >= 4 is 16.7 Å². The number of aliphatic carboxylic acids is 1. The van der Waals surface area contributed by atoms with Crippen LogP contribution in [0.1, 0.15) is 57.4 Å². The minimum absolute atomic E-state index is 0.258. The molecular formula is C24H33NO3. The third-order valence-electron chi connectivity index (χ3n) is 5.74. The van der Waals surface area contributed by atoms with E-state index in [0.29, 0.717) is 6.54 Å². The van der Waals surface area contributed by atoms with Crippen LogP contribution in [0, 0.1) is 5.92 Å². The lowest BCUT2D eigenvalue weighted by atomic mass is 9.96. The third kappa shape index (κ3) is 5.48. The summed E-state index contributed by atoms with van der Waals surface area (Å²) in [6.07, 6.45) is 7.83. The van der Waals surface area contributed by atoms with Crippen molar-refractivity contribution in [2.24, 2.45) is 5.92 Å². The Morgan fingerprint density at radius 3 is 2.79 bits per heavy atom. The summed E-state index contributed by atoms with van der Waals surface area (Å²) in [4.78, 5) is 13.7. The molecule has 3 rings (SSSR count). The fraction of sp³-hybridized carbons (Fsp3) is 0.542. The first-order valence-corrected chi connectivity index (χ1v) is 10.8. The molecule has 0 amide bonds. The van der Waals surface area contributed by atoms with Crippen LogP contribution in [0.5, 0.6) is 5.75 Å². The van der Waals surface area contributed by atoms with E-state index in [1.54, 1.807) is 0 Å². The second-order valence-electron chi connectivity index (χ2n) is 7.94. The summed E-state index contributed by atoms with van der Waals surface area (Å²) in [7, 11) is 0. The molecule has 1 unspecified atom stereocenters. The van der Waals surface area contributed by atoms with E-state index in [2.05, 4.69) is 48.2 Å². The van der Waals surface area contributed by atoms with Gasteiger partial charge in [0.15, 0.2) is 0 Å².